The van der Waals surface area contributed by atoms with E-state index in [-0.39, 0.29) is 17.7 Å². The van der Waals surface area contributed by atoms with Crippen LogP contribution in [0, 0.1) is 5.92 Å². The largest absolute Gasteiger partial charge is 0.342 e. The Morgan fingerprint density at radius 2 is 1.86 bits per heavy atom. The number of pyridine rings is 1. The quantitative estimate of drug-likeness (QED) is 0.801. The third-order valence-corrected chi connectivity index (χ3v) is 6.35. The number of nitrogens with zero attached hydrogens (tertiary/aromatic N) is 3. The van der Waals surface area contributed by atoms with Crippen LogP contribution in [0.2, 0.25) is 0 Å². The Morgan fingerprint density at radius 1 is 1.07 bits per heavy atom. The predicted octanol–water partition coefficient (Wildman–Crippen LogP) is 3.54. The molecule has 152 valence electrons. The highest BCUT2D eigenvalue weighted by Gasteiger charge is 2.38. The first kappa shape index (κ1) is 19.6. The van der Waals surface area contributed by atoms with Crippen LogP contribution >= 0.6 is 0 Å². The SMILES string of the molecule is CN1CCN(C(=O)C2CCCCC2)C(Cc2ccccc2-c2cccnc2)C1=O. The van der Waals surface area contributed by atoms with Crippen LogP contribution in [0.3, 0.4) is 0 Å². The monoisotopic (exact) mass is 391 g/mol. The van der Waals surface area contributed by atoms with Crippen molar-refractivity contribution in [1.29, 1.82) is 0 Å². The van der Waals surface area contributed by atoms with Crippen molar-refractivity contribution in [2.75, 3.05) is 20.1 Å². The number of carbonyl (C=O) groups excluding carboxylic acids is 2. The molecule has 29 heavy (non-hydrogen) atoms. The van der Waals surface area contributed by atoms with E-state index in [0.717, 1.165) is 42.4 Å². The summed E-state index contributed by atoms with van der Waals surface area (Å²) in [5.74, 6) is 0.299. The molecule has 2 aromatic rings. The van der Waals surface area contributed by atoms with Gasteiger partial charge in [-0.1, -0.05) is 49.6 Å². The zero-order valence-corrected chi connectivity index (χ0v) is 17.1. The van der Waals surface area contributed by atoms with Crippen LogP contribution in [0.5, 0.6) is 0 Å². The van der Waals surface area contributed by atoms with E-state index < -0.39 is 6.04 Å². The fourth-order valence-electron chi connectivity index (χ4n) is 4.67. The first-order chi connectivity index (χ1) is 14.1. The van der Waals surface area contributed by atoms with Crippen LogP contribution in [-0.4, -0.2) is 52.8 Å². The van der Waals surface area contributed by atoms with Gasteiger partial charge in [-0.05, 0) is 30.0 Å². The molecule has 0 radical (unpaired) electrons. The van der Waals surface area contributed by atoms with Crippen LogP contribution in [0.1, 0.15) is 37.7 Å². The molecule has 1 atom stereocenters. The Labute approximate surface area is 172 Å². The van der Waals surface area contributed by atoms with Crippen molar-refractivity contribution in [2.45, 2.75) is 44.6 Å². The fraction of sp³-hybridized carbons (Fsp3) is 0.458. The molecule has 1 aliphatic heterocycles. The molecule has 1 aromatic carbocycles. The number of carbonyl (C=O) groups is 2. The van der Waals surface area contributed by atoms with Crippen molar-refractivity contribution in [3.63, 3.8) is 0 Å². The minimum atomic E-state index is -0.430. The summed E-state index contributed by atoms with van der Waals surface area (Å²) in [6.07, 6.45) is 9.50. The lowest BCUT2D eigenvalue weighted by atomic mass is 9.87. The molecular weight excluding hydrogens is 362 g/mol. The number of likely N-dealkylation sites (N-methyl/N-ethyl adjacent to an activating group) is 1. The van der Waals surface area contributed by atoms with E-state index in [1.807, 2.05) is 42.4 Å². The maximum absolute atomic E-state index is 13.3. The maximum atomic E-state index is 13.3. The van der Waals surface area contributed by atoms with Gasteiger partial charge < -0.3 is 9.80 Å². The summed E-state index contributed by atoms with van der Waals surface area (Å²) in [7, 11) is 1.84. The van der Waals surface area contributed by atoms with Crippen molar-refractivity contribution < 1.29 is 9.59 Å². The Kier molecular flexibility index (Phi) is 5.93. The van der Waals surface area contributed by atoms with Gasteiger partial charge in [0.25, 0.3) is 0 Å². The third kappa shape index (κ3) is 4.19. The predicted molar refractivity (Wildman–Crippen MR) is 113 cm³/mol. The lowest BCUT2D eigenvalue weighted by Gasteiger charge is -2.41. The normalized spacial score (nSPS) is 20.7. The highest BCUT2D eigenvalue weighted by Crippen LogP contribution is 2.30. The van der Waals surface area contributed by atoms with Crippen LogP contribution in [0.15, 0.2) is 48.8 Å². The van der Waals surface area contributed by atoms with Crippen molar-refractivity contribution in [1.82, 2.24) is 14.8 Å². The van der Waals surface area contributed by atoms with Crippen molar-refractivity contribution in [2.24, 2.45) is 5.92 Å². The summed E-state index contributed by atoms with van der Waals surface area (Å²) in [6.45, 7) is 1.23. The summed E-state index contributed by atoms with van der Waals surface area (Å²) in [5.41, 5.74) is 3.19. The molecule has 2 heterocycles. The van der Waals surface area contributed by atoms with Gasteiger partial charge in [-0.25, -0.2) is 0 Å². The lowest BCUT2D eigenvalue weighted by molar-refractivity contribution is -0.153. The molecule has 2 amide bonds. The molecule has 1 saturated carbocycles. The Balaban J connectivity index is 1.62. The molecule has 5 heteroatoms. The van der Waals surface area contributed by atoms with Crippen LogP contribution in [-0.2, 0) is 16.0 Å². The Bertz CT molecular complexity index is 861. The molecule has 4 rings (SSSR count). The maximum Gasteiger partial charge on any atom is 0.245 e. The molecule has 1 aromatic heterocycles. The van der Waals surface area contributed by atoms with E-state index in [1.165, 1.54) is 6.42 Å². The summed E-state index contributed by atoms with van der Waals surface area (Å²) < 4.78 is 0. The summed E-state index contributed by atoms with van der Waals surface area (Å²) in [6, 6.07) is 11.7. The smallest absolute Gasteiger partial charge is 0.245 e. The number of hydrogen-bond acceptors (Lipinski definition) is 3. The molecule has 5 nitrogen and oxygen atoms in total. The molecule has 2 aliphatic rings. The van der Waals surface area contributed by atoms with E-state index in [9.17, 15) is 9.59 Å². The second-order valence-electron chi connectivity index (χ2n) is 8.25. The van der Waals surface area contributed by atoms with Crippen LogP contribution in [0.25, 0.3) is 11.1 Å². The zero-order valence-electron chi connectivity index (χ0n) is 17.1. The van der Waals surface area contributed by atoms with Gasteiger partial charge in [-0.15, -0.1) is 0 Å². The van der Waals surface area contributed by atoms with Gasteiger partial charge in [0.15, 0.2) is 0 Å². The topological polar surface area (TPSA) is 53.5 Å². The zero-order chi connectivity index (χ0) is 20.2. The fourth-order valence-corrected chi connectivity index (χ4v) is 4.67. The highest BCUT2D eigenvalue weighted by atomic mass is 16.2. The van der Waals surface area contributed by atoms with E-state index >= 15 is 0 Å². The van der Waals surface area contributed by atoms with Crippen molar-refractivity contribution >= 4 is 11.8 Å². The molecule has 1 saturated heterocycles. The van der Waals surface area contributed by atoms with Crippen molar-refractivity contribution in [3.05, 3.63) is 54.4 Å². The van der Waals surface area contributed by atoms with Gasteiger partial charge in [0, 0.05) is 50.4 Å². The van der Waals surface area contributed by atoms with Crippen LogP contribution < -0.4 is 0 Å². The van der Waals surface area contributed by atoms with Gasteiger partial charge in [-0.3, -0.25) is 14.6 Å². The second kappa shape index (κ2) is 8.76. The standard InChI is InChI=1S/C24H29N3O2/c1-26-14-15-27(23(28)18-8-3-2-4-9-18)22(24(26)29)16-19-10-5-6-12-21(19)20-11-7-13-25-17-20/h5-7,10-13,17-18,22H,2-4,8-9,14-16H2,1H3. The number of benzene rings is 1. The van der Waals surface area contributed by atoms with E-state index in [1.54, 1.807) is 11.1 Å². The first-order valence-electron chi connectivity index (χ1n) is 10.7. The second-order valence-corrected chi connectivity index (χ2v) is 8.25. The van der Waals surface area contributed by atoms with Gasteiger partial charge in [0.05, 0.1) is 0 Å². The minimum absolute atomic E-state index is 0.0430. The van der Waals surface area contributed by atoms with Gasteiger partial charge >= 0.3 is 0 Å². The first-order valence-corrected chi connectivity index (χ1v) is 10.7. The van der Waals surface area contributed by atoms with Gasteiger partial charge in [-0.2, -0.15) is 0 Å². The molecule has 2 fully saturated rings. The molecule has 1 unspecified atom stereocenters. The number of piperazine rings is 1. The molecule has 0 bridgehead atoms. The van der Waals surface area contributed by atoms with E-state index in [0.29, 0.717) is 19.5 Å². The molecule has 1 aliphatic carbocycles. The molecular formula is C24H29N3O2. The average Bonchev–Trinajstić information content (AvgIpc) is 2.78. The number of hydrogen-bond donors (Lipinski definition) is 0. The van der Waals surface area contributed by atoms with E-state index in [4.69, 9.17) is 0 Å². The van der Waals surface area contributed by atoms with Gasteiger partial charge in [0.2, 0.25) is 11.8 Å². The number of amides is 2. The highest BCUT2D eigenvalue weighted by molar-refractivity contribution is 5.90. The molecule has 0 spiro atoms. The minimum Gasteiger partial charge on any atom is -0.342 e. The van der Waals surface area contributed by atoms with Gasteiger partial charge in [0.1, 0.15) is 6.04 Å². The van der Waals surface area contributed by atoms with Crippen molar-refractivity contribution in [3.8, 4) is 11.1 Å². The summed E-state index contributed by atoms with van der Waals surface area (Å²) in [4.78, 5) is 34.3. The lowest BCUT2D eigenvalue weighted by Crippen LogP contribution is -2.59. The number of rotatable bonds is 4. The van der Waals surface area contributed by atoms with Crippen LogP contribution in [0.4, 0.5) is 0 Å². The molecule has 0 N–H and O–H groups in total. The third-order valence-electron chi connectivity index (χ3n) is 6.35. The number of aromatic nitrogens is 1. The average molecular weight is 392 g/mol. The summed E-state index contributed by atoms with van der Waals surface area (Å²) >= 11 is 0. The Hall–Kier alpha value is -2.69. The Morgan fingerprint density at radius 3 is 2.62 bits per heavy atom. The van der Waals surface area contributed by atoms with E-state index in [2.05, 4.69) is 17.1 Å². The summed E-state index contributed by atoms with van der Waals surface area (Å²) in [5, 5.41) is 0.